The van der Waals surface area contributed by atoms with Gasteiger partial charge in [0.05, 0.1) is 31.1 Å². The number of likely N-dealkylation sites (N-methyl/N-ethyl adjacent to an activating group) is 1. The average Bonchev–Trinajstić information content (AvgIpc) is 3.42. The fraction of sp³-hybridized carbons (Fsp3) is 0.310. The summed E-state index contributed by atoms with van der Waals surface area (Å²) in [5, 5.41) is 2.87. The van der Waals surface area contributed by atoms with Gasteiger partial charge in [-0.15, -0.1) is 0 Å². The minimum atomic E-state index is -0.838. The summed E-state index contributed by atoms with van der Waals surface area (Å²) in [6.07, 6.45) is 0. The normalized spacial score (nSPS) is 17.3. The van der Waals surface area contributed by atoms with E-state index in [9.17, 15) is 14.4 Å². The van der Waals surface area contributed by atoms with E-state index in [2.05, 4.69) is 5.32 Å². The molecule has 0 aliphatic carbocycles. The fourth-order valence-corrected chi connectivity index (χ4v) is 6.32. The van der Waals surface area contributed by atoms with Crippen molar-refractivity contribution in [2.75, 3.05) is 32.6 Å². The number of aryl methyl sites for hydroxylation is 1. The Kier molecular flexibility index (Phi) is 6.90. The minimum Gasteiger partial charge on any atom is -0.497 e. The van der Waals surface area contributed by atoms with Crippen molar-refractivity contribution in [1.29, 1.82) is 0 Å². The summed E-state index contributed by atoms with van der Waals surface area (Å²) in [4.78, 5) is 48.1. The lowest BCUT2D eigenvalue weighted by atomic mass is 9.93. The number of carbonyl (C=O) groups is 2. The van der Waals surface area contributed by atoms with E-state index in [1.54, 1.807) is 44.2 Å². The van der Waals surface area contributed by atoms with Crippen molar-refractivity contribution in [2.24, 2.45) is 4.99 Å². The van der Waals surface area contributed by atoms with Crippen LogP contribution in [-0.4, -0.2) is 48.6 Å². The lowest BCUT2D eigenvalue weighted by Gasteiger charge is -2.30. The molecule has 39 heavy (non-hydrogen) atoms. The van der Waals surface area contributed by atoms with E-state index in [-0.39, 0.29) is 16.3 Å². The van der Waals surface area contributed by atoms with Crippen molar-refractivity contribution < 1.29 is 19.1 Å². The Morgan fingerprint density at radius 3 is 2.49 bits per heavy atom. The highest BCUT2D eigenvalue weighted by molar-refractivity contribution is 7.07. The number of fused-ring (bicyclic) bond motifs is 2. The number of ether oxygens (including phenoxy) is 2. The molecule has 0 spiro atoms. The maximum Gasteiger partial charge on any atom is 0.271 e. The summed E-state index contributed by atoms with van der Waals surface area (Å²) in [6, 6.07) is 10.1. The van der Waals surface area contributed by atoms with Crippen LogP contribution in [0.3, 0.4) is 0 Å². The monoisotopic (exact) mass is 546 g/mol. The predicted octanol–water partition coefficient (Wildman–Crippen LogP) is 2.75. The number of rotatable bonds is 6. The number of carbonyl (C=O) groups excluding carboxylic acids is 2. The van der Waals surface area contributed by atoms with Crippen LogP contribution >= 0.6 is 11.3 Å². The number of hydrogen-bond acceptors (Lipinski definition) is 7. The van der Waals surface area contributed by atoms with Crippen LogP contribution in [0.2, 0.25) is 0 Å². The van der Waals surface area contributed by atoms with Crippen LogP contribution in [-0.2, 0) is 9.59 Å². The van der Waals surface area contributed by atoms with Crippen LogP contribution in [0.25, 0.3) is 5.57 Å². The molecule has 1 atom stereocenters. The molecular formula is C29H30N4O5S. The average molecular weight is 547 g/mol. The highest BCUT2D eigenvalue weighted by atomic mass is 32.1. The number of amides is 2. The molecule has 0 saturated heterocycles. The molecule has 202 valence electrons. The number of hydrogen-bond donors (Lipinski definition) is 1. The van der Waals surface area contributed by atoms with Crippen molar-refractivity contribution >= 4 is 34.4 Å². The first-order valence-electron chi connectivity index (χ1n) is 12.7. The third-order valence-electron chi connectivity index (χ3n) is 7.16. The Balaban J connectivity index is 1.86. The zero-order valence-corrected chi connectivity index (χ0v) is 23.6. The first kappa shape index (κ1) is 26.4. The molecule has 2 aliphatic heterocycles. The highest BCUT2D eigenvalue weighted by Gasteiger charge is 2.37. The Morgan fingerprint density at radius 2 is 1.82 bits per heavy atom. The Hall–Kier alpha value is -4.18. The molecule has 1 N–H and O–H groups in total. The van der Waals surface area contributed by atoms with E-state index >= 15 is 0 Å². The molecule has 2 aromatic carbocycles. The van der Waals surface area contributed by atoms with Crippen LogP contribution < -0.4 is 29.7 Å². The lowest BCUT2D eigenvalue weighted by molar-refractivity contribution is -0.127. The third-order valence-corrected chi connectivity index (χ3v) is 8.21. The van der Waals surface area contributed by atoms with Crippen LogP contribution in [0.5, 0.6) is 11.5 Å². The van der Waals surface area contributed by atoms with Gasteiger partial charge >= 0.3 is 0 Å². The molecule has 3 aromatic rings. The van der Waals surface area contributed by atoms with Gasteiger partial charge in [-0.25, -0.2) is 4.99 Å². The number of aromatic nitrogens is 1. The van der Waals surface area contributed by atoms with E-state index in [1.807, 2.05) is 39.0 Å². The fourth-order valence-electron chi connectivity index (χ4n) is 5.18. The predicted molar refractivity (Wildman–Crippen MR) is 150 cm³/mol. The van der Waals surface area contributed by atoms with Crippen LogP contribution in [0, 0.1) is 6.92 Å². The van der Waals surface area contributed by atoms with Gasteiger partial charge in [-0.3, -0.25) is 19.0 Å². The quantitative estimate of drug-likeness (QED) is 0.512. The molecule has 1 aromatic heterocycles. The summed E-state index contributed by atoms with van der Waals surface area (Å²) in [6.45, 7) is 8.53. The molecule has 0 fully saturated rings. The van der Waals surface area contributed by atoms with Crippen molar-refractivity contribution in [3.63, 3.8) is 0 Å². The van der Waals surface area contributed by atoms with Gasteiger partial charge in [0.25, 0.3) is 17.4 Å². The Labute approximate surface area is 229 Å². The molecule has 5 rings (SSSR count). The molecule has 0 radical (unpaired) electrons. The maximum atomic E-state index is 14.3. The third kappa shape index (κ3) is 4.24. The zero-order chi connectivity index (χ0) is 28.0. The first-order chi connectivity index (χ1) is 18.7. The van der Waals surface area contributed by atoms with Crippen molar-refractivity contribution in [3.05, 3.63) is 84.0 Å². The van der Waals surface area contributed by atoms with E-state index in [1.165, 1.54) is 4.57 Å². The van der Waals surface area contributed by atoms with Gasteiger partial charge in [0.15, 0.2) is 4.80 Å². The van der Waals surface area contributed by atoms with E-state index in [0.717, 1.165) is 16.9 Å². The van der Waals surface area contributed by atoms with Gasteiger partial charge in [0.1, 0.15) is 22.1 Å². The summed E-state index contributed by atoms with van der Waals surface area (Å²) < 4.78 is 13.0. The molecule has 0 saturated carbocycles. The van der Waals surface area contributed by atoms with Gasteiger partial charge in [-0.2, -0.15) is 0 Å². The van der Waals surface area contributed by atoms with Gasteiger partial charge < -0.3 is 19.7 Å². The van der Waals surface area contributed by atoms with Crippen molar-refractivity contribution in [2.45, 2.75) is 33.7 Å². The number of allylic oxidation sites excluding steroid dienone is 1. The number of nitrogens with one attached hydrogen (secondary N) is 1. The molecule has 3 heterocycles. The van der Waals surface area contributed by atoms with Crippen LogP contribution in [0.1, 0.15) is 43.5 Å². The Morgan fingerprint density at radius 1 is 1.08 bits per heavy atom. The number of nitrogens with zero attached hydrogens (tertiary/aromatic N) is 3. The summed E-state index contributed by atoms with van der Waals surface area (Å²) in [5.41, 5.74) is 3.69. The smallest absolute Gasteiger partial charge is 0.271 e. The number of anilines is 1. The summed E-state index contributed by atoms with van der Waals surface area (Å²) >= 11 is 1.15. The van der Waals surface area contributed by atoms with E-state index in [0.29, 0.717) is 63.0 Å². The van der Waals surface area contributed by atoms with Gasteiger partial charge in [0, 0.05) is 29.9 Å². The lowest BCUT2D eigenvalue weighted by Crippen LogP contribution is -2.43. The molecular weight excluding hydrogens is 516 g/mol. The Bertz CT molecular complexity index is 1730. The number of methoxy groups -OCH3 is 2. The standard InChI is InChI=1S/C29H30N4O5S/c1-7-32(8-2)27(35)22-16(4)30-29-33(24(22)19-14-17(37-5)10-12-21(19)38-6)28(36)25(39-29)23-18-13-15(3)9-11-20(18)31-26(23)34/h9-14,24H,7-8H2,1-6H3,(H,31,34)/b25-23+/t24-/m1/s1. The molecule has 0 unspecified atom stereocenters. The molecule has 10 heteroatoms. The largest absolute Gasteiger partial charge is 0.497 e. The molecule has 2 amide bonds. The molecule has 9 nitrogen and oxygen atoms in total. The maximum absolute atomic E-state index is 14.3. The van der Waals surface area contributed by atoms with Gasteiger partial charge in [-0.05, 0) is 58.0 Å². The second-order valence-electron chi connectivity index (χ2n) is 9.37. The second kappa shape index (κ2) is 10.2. The summed E-state index contributed by atoms with van der Waals surface area (Å²) in [7, 11) is 3.10. The topological polar surface area (TPSA) is 102 Å². The minimum absolute atomic E-state index is 0.214. The van der Waals surface area contributed by atoms with E-state index in [4.69, 9.17) is 14.5 Å². The van der Waals surface area contributed by atoms with Crippen LogP contribution in [0.4, 0.5) is 5.69 Å². The number of thiazole rings is 1. The summed E-state index contributed by atoms with van der Waals surface area (Å²) in [5.74, 6) is 0.498. The SMILES string of the molecule is CCN(CC)C(=O)C1=C(C)N=c2s/c(=C3/C(=O)Nc4ccc(C)cc43)c(=O)n2[C@@H]1c1cc(OC)ccc1OC. The second-order valence-corrected chi connectivity index (χ2v) is 10.3. The molecule has 0 bridgehead atoms. The first-order valence-corrected chi connectivity index (χ1v) is 13.5. The van der Waals surface area contributed by atoms with Gasteiger partial charge in [0.2, 0.25) is 0 Å². The number of benzene rings is 2. The van der Waals surface area contributed by atoms with Crippen molar-refractivity contribution in [3.8, 4) is 11.5 Å². The van der Waals surface area contributed by atoms with Crippen molar-refractivity contribution in [1.82, 2.24) is 9.47 Å². The van der Waals surface area contributed by atoms with Gasteiger partial charge in [-0.1, -0.05) is 23.0 Å². The zero-order valence-electron chi connectivity index (χ0n) is 22.7. The highest BCUT2D eigenvalue weighted by Crippen LogP contribution is 2.38. The van der Waals surface area contributed by atoms with Crippen LogP contribution in [0.15, 0.2) is 57.5 Å². The molecule has 2 aliphatic rings. The van der Waals surface area contributed by atoms with E-state index < -0.39 is 11.6 Å².